The molecule has 0 saturated heterocycles. The smallest absolute Gasteiger partial charge is 0.321 e. The van der Waals surface area contributed by atoms with Crippen LogP contribution in [0, 0.1) is 0 Å². The van der Waals surface area contributed by atoms with Gasteiger partial charge in [-0.3, -0.25) is 4.79 Å². The Morgan fingerprint density at radius 1 is 1.78 bits per heavy atom. The Morgan fingerprint density at radius 2 is 2.33 bits per heavy atom. The number of hydrogen-bond acceptors (Lipinski definition) is 4. The number of carbonyl (C=O) groups excluding carboxylic acids is 1. The van der Waals surface area contributed by atoms with Crippen molar-refractivity contribution >= 4 is 5.97 Å². The first-order valence-electron chi connectivity index (χ1n) is 2.37. The fraction of sp³-hybridized carbons (Fsp3) is 0.750. The van der Waals surface area contributed by atoms with Crippen LogP contribution in [0.25, 0.3) is 0 Å². The van der Waals surface area contributed by atoms with Gasteiger partial charge in [0.1, 0.15) is 0 Å². The minimum absolute atomic E-state index is 0. The zero-order chi connectivity index (χ0) is 6.41. The Morgan fingerprint density at radius 3 is 2.67 bits per heavy atom. The quantitative estimate of drug-likeness (QED) is 0.327. The van der Waals surface area contributed by atoms with Crippen LogP contribution >= 0.6 is 0 Å². The summed E-state index contributed by atoms with van der Waals surface area (Å²) in [5, 5.41) is 0. The standard InChI is InChI=1S/C4H10N2O2.Fe/c1-4(7)8-6-3-2-5;/h6H,2-3,5H2,1H3;. The fourth-order valence-corrected chi connectivity index (χ4v) is 0.212. The molecule has 0 fully saturated rings. The molecule has 0 aliphatic heterocycles. The number of nitrogens with two attached hydrogens (primary N) is 1. The first-order valence-corrected chi connectivity index (χ1v) is 2.37. The zero-order valence-corrected chi connectivity index (χ0v) is 6.27. The van der Waals surface area contributed by atoms with Gasteiger partial charge >= 0.3 is 5.97 Å². The van der Waals surface area contributed by atoms with Crippen molar-refractivity contribution in [2.24, 2.45) is 5.73 Å². The van der Waals surface area contributed by atoms with Crippen molar-refractivity contribution in [1.82, 2.24) is 5.48 Å². The largest absolute Gasteiger partial charge is 0.371 e. The summed E-state index contributed by atoms with van der Waals surface area (Å²) < 4.78 is 0. The van der Waals surface area contributed by atoms with Crippen molar-refractivity contribution in [2.45, 2.75) is 6.92 Å². The van der Waals surface area contributed by atoms with Gasteiger partial charge in [-0.2, -0.15) is 5.48 Å². The maximum atomic E-state index is 9.99. The molecule has 0 saturated carbocycles. The normalized spacial score (nSPS) is 7.78. The van der Waals surface area contributed by atoms with Crippen molar-refractivity contribution in [2.75, 3.05) is 13.1 Å². The summed E-state index contributed by atoms with van der Waals surface area (Å²) >= 11 is 0. The number of carbonyl (C=O) groups is 1. The molecule has 0 rings (SSSR count). The minimum atomic E-state index is -0.349. The molecule has 0 atom stereocenters. The van der Waals surface area contributed by atoms with E-state index in [0.717, 1.165) is 0 Å². The Hall–Kier alpha value is -0.0905. The van der Waals surface area contributed by atoms with Gasteiger partial charge in [0, 0.05) is 37.1 Å². The second-order valence-electron chi connectivity index (χ2n) is 1.28. The van der Waals surface area contributed by atoms with Gasteiger partial charge in [-0.05, 0) is 0 Å². The van der Waals surface area contributed by atoms with Crippen LogP contribution in [0.3, 0.4) is 0 Å². The number of hydrogen-bond donors (Lipinski definition) is 2. The molecule has 0 spiro atoms. The molecule has 0 amide bonds. The van der Waals surface area contributed by atoms with E-state index in [-0.39, 0.29) is 23.0 Å². The molecule has 0 aromatic heterocycles. The molecule has 0 heterocycles. The van der Waals surface area contributed by atoms with Crippen LogP contribution in [0.15, 0.2) is 0 Å². The predicted octanol–water partition coefficient (Wildman–Crippen LogP) is -0.990. The molecule has 5 heteroatoms. The Labute approximate surface area is 64.5 Å². The topological polar surface area (TPSA) is 64.3 Å². The Bertz CT molecular complexity index is 79.0. The molecule has 0 aromatic carbocycles. The van der Waals surface area contributed by atoms with E-state index in [0.29, 0.717) is 13.1 Å². The van der Waals surface area contributed by atoms with Gasteiger partial charge in [-0.1, -0.05) is 0 Å². The molecule has 0 unspecified atom stereocenters. The predicted molar refractivity (Wildman–Crippen MR) is 28.8 cm³/mol. The molecule has 0 radical (unpaired) electrons. The van der Waals surface area contributed by atoms with Crippen LogP contribution in [0.5, 0.6) is 0 Å². The first-order chi connectivity index (χ1) is 3.77. The molecule has 4 nitrogen and oxygen atoms in total. The Kier molecular flexibility index (Phi) is 10.3. The Balaban J connectivity index is 0. The molecule has 0 aliphatic carbocycles. The van der Waals surface area contributed by atoms with E-state index in [1.165, 1.54) is 6.92 Å². The summed E-state index contributed by atoms with van der Waals surface area (Å²) in [5.41, 5.74) is 7.42. The summed E-state index contributed by atoms with van der Waals surface area (Å²) in [6, 6.07) is 0. The van der Waals surface area contributed by atoms with E-state index in [1.807, 2.05) is 0 Å². The molecule has 3 N–H and O–H groups in total. The SMILES string of the molecule is CC(=O)ONCCN.[Fe]. The van der Waals surface area contributed by atoms with Crippen LogP contribution < -0.4 is 11.2 Å². The molecule has 0 bridgehead atoms. The summed E-state index contributed by atoms with van der Waals surface area (Å²) in [4.78, 5) is 14.3. The van der Waals surface area contributed by atoms with Crippen molar-refractivity contribution in [3.05, 3.63) is 0 Å². The maximum Gasteiger partial charge on any atom is 0.321 e. The molecule has 9 heavy (non-hydrogen) atoms. The van der Waals surface area contributed by atoms with Crippen LogP contribution in [-0.2, 0) is 26.7 Å². The van der Waals surface area contributed by atoms with Gasteiger partial charge in [-0.15, -0.1) is 0 Å². The molecule has 0 aromatic rings. The third-order valence-corrected chi connectivity index (χ3v) is 0.462. The first kappa shape index (κ1) is 11.7. The average molecular weight is 174 g/mol. The second-order valence-corrected chi connectivity index (χ2v) is 1.28. The van der Waals surface area contributed by atoms with Gasteiger partial charge in [0.25, 0.3) is 0 Å². The van der Waals surface area contributed by atoms with Crippen LogP contribution in [0.4, 0.5) is 0 Å². The second kappa shape index (κ2) is 7.91. The summed E-state index contributed by atoms with van der Waals surface area (Å²) in [6.45, 7) is 2.29. The molecular formula is C4H10FeN2O2. The minimum Gasteiger partial charge on any atom is -0.371 e. The number of nitrogens with one attached hydrogen (secondary N) is 1. The van der Waals surface area contributed by atoms with E-state index < -0.39 is 0 Å². The van der Waals surface area contributed by atoms with E-state index in [2.05, 4.69) is 10.3 Å². The van der Waals surface area contributed by atoms with Crippen molar-refractivity contribution in [3.63, 3.8) is 0 Å². The van der Waals surface area contributed by atoms with Crippen LogP contribution in [-0.4, -0.2) is 19.1 Å². The van der Waals surface area contributed by atoms with Crippen LogP contribution in [0.1, 0.15) is 6.92 Å². The van der Waals surface area contributed by atoms with E-state index >= 15 is 0 Å². The van der Waals surface area contributed by atoms with Crippen molar-refractivity contribution < 1.29 is 26.7 Å². The number of rotatable bonds is 3. The molecule has 56 valence electrons. The van der Waals surface area contributed by atoms with Gasteiger partial charge in [0.2, 0.25) is 0 Å². The van der Waals surface area contributed by atoms with E-state index in [9.17, 15) is 4.79 Å². The third-order valence-electron chi connectivity index (χ3n) is 0.462. The van der Waals surface area contributed by atoms with Crippen molar-refractivity contribution in [1.29, 1.82) is 0 Å². The van der Waals surface area contributed by atoms with Gasteiger partial charge in [-0.25, -0.2) is 0 Å². The molecule has 0 aliphatic rings. The molecular weight excluding hydrogens is 164 g/mol. The van der Waals surface area contributed by atoms with E-state index in [4.69, 9.17) is 5.73 Å². The third kappa shape index (κ3) is 11.5. The zero-order valence-electron chi connectivity index (χ0n) is 5.16. The number of hydroxylamine groups is 1. The van der Waals surface area contributed by atoms with Gasteiger partial charge in [0.05, 0.1) is 0 Å². The summed E-state index contributed by atoms with van der Waals surface area (Å²) in [5.74, 6) is -0.349. The van der Waals surface area contributed by atoms with Gasteiger partial charge in [0.15, 0.2) is 0 Å². The summed E-state index contributed by atoms with van der Waals surface area (Å²) in [7, 11) is 0. The van der Waals surface area contributed by atoms with E-state index in [1.54, 1.807) is 0 Å². The summed E-state index contributed by atoms with van der Waals surface area (Å²) in [6.07, 6.45) is 0. The monoisotopic (exact) mass is 174 g/mol. The maximum absolute atomic E-state index is 9.99. The fourth-order valence-electron chi connectivity index (χ4n) is 0.212. The average Bonchev–Trinajstić information content (AvgIpc) is 1.66. The van der Waals surface area contributed by atoms with Crippen LogP contribution in [0.2, 0.25) is 0 Å². The van der Waals surface area contributed by atoms with Crippen molar-refractivity contribution in [3.8, 4) is 0 Å². The van der Waals surface area contributed by atoms with Gasteiger partial charge < -0.3 is 10.6 Å².